The van der Waals surface area contributed by atoms with Crippen LogP contribution in [0.1, 0.15) is 23.1 Å². The van der Waals surface area contributed by atoms with E-state index in [1.165, 1.54) is 51.9 Å². The Balaban J connectivity index is 1.16. The second kappa shape index (κ2) is 12.7. The highest BCUT2D eigenvalue weighted by Gasteiger charge is 2.32. The van der Waals surface area contributed by atoms with Gasteiger partial charge < -0.3 is 10.1 Å². The van der Waals surface area contributed by atoms with E-state index in [4.69, 9.17) is 0 Å². The van der Waals surface area contributed by atoms with Crippen LogP contribution in [0, 0.1) is 13.8 Å². The molecule has 0 atom stereocenters. The number of urea groups is 1. The molecular formula is C30H27F3N6O3S. The number of hydrogen-bond donors (Lipinski definition) is 1. The minimum Gasteiger partial charge on any atom is -0.406 e. The van der Waals surface area contributed by atoms with Crippen LogP contribution in [-0.4, -0.2) is 50.5 Å². The first kappa shape index (κ1) is 29.8. The van der Waals surface area contributed by atoms with Crippen molar-refractivity contribution >= 4 is 34.6 Å². The van der Waals surface area contributed by atoms with Crippen molar-refractivity contribution in [3.8, 4) is 22.8 Å². The molecule has 1 aliphatic heterocycles. The van der Waals surface area contributed by atoms with Crippen molar-refractivity contribution in [1.29, 1.82) is 0 Å². The highest BCUT2D eigenvalue weighted by Crippen LogP contribution is 2.32. The average Bonchev–Trinajstić information content (AvgIpc) is 3.59. The number of amides is 3. The minimum absolute atomic E-state index is 0.110. The molecule has 1 saturated heterocycles. The summed E-state index contributed by atoms with van der Waals surface area (Å²) in [5.74, 6) is 0.256. The molecule has 0 bridgehead atoms. The number of carbonyl (C=O) groups excluding carboxylic acids is 2. The van der Waals surface area contributed by atoms with Gasteiger partial charge in [0.25, 0.3) is 0 Å². The van der Waals surface area contributed by atoms with Gasteiger partial charge in [-0.3, -0.25) is 9.69 Å². The third-order valence-electron chi connectivity index (χ3n) is 6.56. The van der Waals surface area contributed by atoms with Crippen molar-refractivity contribution < 1.29 is 27.5 Å². The lowest BCUT2D eigenvalue weighted by molar-refractivity contribution is -0.274. The molecule has 9 nitrogen and oxygen atoms in total. The van der Waals surface area contributed by atoms with E-state index in [0.717, 1.165) is 27.9 Å². The fourth-order valence-corrected chi connectivity index (χ4v) is 5.47. The lowest BCUT2D eigenvalue weighted by Gasteiger charge is -2.20. The molecule has 222 valence electrons. The predicted molar refractivity (Wildman–Crippen MR) is 158 cm³/mol. The predicted octanol–water partition coefficient (Wildman–Crippen LogP) is 6.23. The average molecular weight is 609 g/mol. The van der Waals surface area contributed by atoms with Gasteiger partial charge in [0.15, 0.2) is 11.0 Å². The van der Waals surface area contributed by atoms with Crippen molar-refractivity contribution in [3.05, 3.63) is 89.7 Å². The Morgan fingerprint density at radius 3 is 2.51 bits per heavy atom. The number of amidine groups is 1. The summed E-state index contributed by atoms with van der Waals surface area (Å²) in [4.78, 5) is 35.2. The molecule has 4 aromatic rings. The number of rotatable bonds is 8. The van der Waals surface area contributed by atoms with Gasteiger partial charge >= 0.3 is 12.4 Å². The number of aryl methyl sites for hydroxylation is 3. The number of thioether (sulfide) groups is 1. The number of para-hydroxylation sites is 1. The van der Waals surface area contributed by atoms with Gasteiger partial charge in [0.2, 0.25) is 5.91 Å². The van der Waals surface area contributed by atoms with Crippen LogP contribution in [0.25, 0.3) is 17.1 Å². The number of halogens is 3. The number of alkyl halides is 3. The fraction of sp³-hybridized carbons (Fsp3) is 0.233. The Morgan fingerprint density at radius 1 is 1.07 bits per heavy atom. The molecule has 1 aliphatic rings. The van der Waals surface area contributed by atoms with E-state index in [0.29, 0.717) is 36.1 Å². The molecule has 0 spiro atoms. The Labute approximate surface area is 249 Å². The van der Waals surface area contributed by atoms with Crippen LogP contribution in [0.15, 0.2) is 78.0 Å². The molecule has 3 amide bonds. The molecule has 13 heteroatoms. The fourth-order valence-electron chi connectivity index (χ4n) is 4.62. The molecule has 0 saturated carbocycles. The van der Waals surface area contributed by atoms with Gasteiger partial charge in [-0.05, 0) is 73.7 Å². The third kappa shape index (κ3) is 7.41. The standard InChI is InChI=1S/C30H27F3N6O3S/c1-19-6-3-7-20(2)26(19)39-25(40)17-43-29(39)36-28(41)34-15-5-9-21-8-4-10-22(16-21)27-35-18-38(37-27)23-11-13-24(14-12-23)42-30(31,32)33/h3-4,6-8,10-14,16,18H,5,9,15,17H2,1-2H3,(H,34,41). The summed E-state index contributed by atoms with van der Waals surface area (Å²) in [6.45, 7) is 4.24. The Morgan fingerprint density at radius 2 is 1.79 bits per heavy atom. The number of ether oxygens (including phenoxy) is 1. The zero-order chi connectivity index (χ0) is 30.6. The summed E-state index contributed by atoms with van der Waals surface area (Å²) in [6, 6.07) is 18.3. The Bertz CT molecular complexity index is 1650. The monoisotopic (exact) mass is 608 g/mol. The van der Waals surface area contributed by atoms with Gasteiger partial charge in [-0.25, -0.2) is 14.5 Å². The first-order chi connectivity index (χ1) is 20.6. The molecule has 1 N–H and O–H groups in total. The topological polar surface area (TPSA) is 102 Å². The summed E-state index contributed by atoms with van der Waals surface area (Å²) < 4.78 is 42.6. The molecule has 2 heterocycles. The van der Waals surface area contributed by atoms with E-state index in [-0.39, 0.29) is 17.4 Å². The first-order valence-electron chi connectivity index (χ1n) is 13.3. The van der Waals surface area contributed by atoms with Crippen molar-refractivity contribution in [2.24, 2.45) is 4.99 Å². The molecule has 5 rings (SSSR count). The third-order valence-corrected chi connectivity index (χ3v) is 7.48. The number of nitrogens with zero attached hydrogens (tertiary/aromatic N) is 5. The highest BCUT2D eigenvalue weighted by atomic mass is 32.2. The number of benzene rings is 3. The second-order valence-corrected chi connectivity index (χ2v) is 10.7. The molecular weight excluding hydrogens is 581 g/mol. The van der Waals surface area contributed by atoms with Crippen LogP contribution in [0.3, 0.4) is 0 Å². The smallest absolute Gasteiger partial charge is 0.406 e. The van der Waals surface area contributed by atoms with Gasteiger partial charge in [-0.1, -0.05) is 48.2 Å². The molecule has 1 fully saturated rings. The van der Waals surface area contributed by atoms with Gasteiger partial charge in [0.05, 0.1) is 17.1 Å². The maximum atomic E-state index is 12.6. The van der Waals surface area contributed by atoms with Gasteiger partial charge in [0.1, 0.15) is 12.1 Å². The van der Waals surface area contributed by atoms with Crippen LogP contribution < -0.4 is 15.0 Å². The van der Waals surface area contributed by atoms with Crippen LogP contribution in [0.5, 0.6) is 5.75 Å². The van der Waals surface area contributed by atoms with E-state index in [1.54, 1.807) is 0 Å². The quantitative estimate of drug-likeness (QED) is 0.238. The van der Waals surface area contributed by atoms with Crippen molar-refractivity contribution in [2.45, 2.75) is 33.1 Å². The lowest BCUT2D eigenvalue weighted by Crippen LogP contribution is -2.32. The number of anilines is 1. The minimum atomic E-state index is -4.76. The number of hydrogen-bond acceptors (Lipinski definition) is 6. The largest absolute Gasteiger partial charge is 0.573 e. The van der Waals surface area contributed by atoms with E-state index < -0.39 is 12.4 Å². The molecule has 0 radical (unpaired) electrons. The van der Waals surface area contributed by atoms with E-state index in [2.05, 4.69) is 25.1 Å². The molecule has 0 unspecified atom stereocenters. The van der Waals surface area contributed by atoms with Crippen LogP contribution in [-0.2, 0) is 11.2 Å². The van der Waals surface area contributed by atoms with Crippen molar-refractivity contribution in [3.63, 3.8) is 0 Å². The Kier molecular flexibility index (Phi) is 8.81. The molecule has 43 heavy (non-hydrogen) atoms. The number of nitrogens with one attached hydrogen (secondary N) is 1. The second-order valence-electron chi connectivity index (χ2n) is 9.74. The SMILES string of the molecule is Cc1cccc(C)c1N1C(=O)CSC1=NC(=O)NCCCc1cccc(-c2ncn(-c3ccc(OC(F)(F)F)cc3)n2)c1. The summed E-state index contributed by atoms with van der Waals surface area (Å²) >= 11 is 1.24. The number of aliphatic imine (C=N–C) groups is 1. The zero-order valence-corrected chi connectivity index (χ0v) is 24.1. The lowest BCUT2D eigenvalue weighted by atomic mass is 10.1. The van der Waals surface area contributed by atoms with Crippen molar-refractivity contribution in [1.82, 2.24) is 20.1 Å². The number of aromatic nitrogens is 3. The van der Waals surface area contributed by atoms with Crippen molar-refractivity contribution in [2.75, 3.05) is 17.2 Å². The zero-order valence-electron chi connectivity index (χ0n) is 23.3. The molecule has 0 aliphatic carbocycles. The van der Waals surface area contributed by atoms with E-state index in [1.807, 2.05) is 56.3 Å². The number of carbonyl (C=O) groups is 2. The highest BCUT2D eigenvalue weighted by molar-refractivity contribution is 8.15. The van der Waals surface area contributed by atoms with Crippen LogP contribution in [0.4, 0.5) is 23.7 Å². The summed E-state index contributed by atoms with van der Waals surface area (Å²) in [5, 5.41) is 7.62. The van der Waals surface area contributed by atoms with Gasteiger partial charge in [-0.2, -0.15) is 4.99 Å². The van der Waals surface area contributed by atoms with Gasteiger partial charge in [0, 0.05) is 12.1 Å². The molecule has 3 aromatic carbocycles. The maximum Gasteiger partial charge on any atom is 0.573 e. The van der Waals surface area contributed by atoms with Crippen LogP contribution in [0.2, 0.25) is 0 Å². The maximum absolute atomic E-state index is 12.6. The summed E-state index contributed by atoms with van der Waals surface area (Å²) in [6.07, 6.45) is -1.95. The van der Waals surface area contributed by atoms with E-state index >= 15 is 0 Å². The molecule has 1 aromatic heterocycles. The van der Waals surface area contributed by atoms with Gasteiger partial charge in [-0.15, -0.1) is 18.3 Å². The first-order valence-corrected chi connectivity index (χ1v) is 14.3. The Hall–Kier alpha value is -4.65. The van der Waals surface area contributed by atoms with E-state index in [9.17, 15) is 22.8 Å². The normalized spacial score (nSPS) is 14.4. The summed E-state index contributed by atoms with van der Waals surface area (Å²) in [5.41, 5.74) is 4.95. The summed E-state index contributed by atoms with van der Waals surface area (Å²) in [7, 11) is 0. The van der Waals surface area contributed by atoms with Crippen LogP contribution >= 0.6 is 11.8 Å².